The summed E-state index contributed by atoms with van der Waals surface area (Å²) in [5.41, 5.74) is -1.48. The lowest BCUT2D eigenvalue weighted by Crippen LogP contribution is -2.15. The number of aromatic nitrogens is 1. The molecule has 0 amide bonds. The van der Waals surface area contributed by atoms with Gasteiger partial charge in [0.25, 0.3) is 0 Å². The van der Waals surface area contributed by atoms with Crippen LogP contribution in [-0.4, -0.2) is 23.7 Å². The largest absolute Gasteiger partial charge is 0.496 e. The smallest absolute Gasteiger partial charge is 0.418 e. The van der Waals surface area contributed by atoms with Crippen LogP contribution in [0.5, 0.6) is 5.75 Å². The van der Waals surface area contributed by atoms with E-state index >= 15 is 0 Å². The fraction of sp³-hybridized carbons (Fsp3) is 0.235. The summed E-state index contributed by atoms with van der Waals surface area (Å²) in [7, 11) is 1.40. The molecule has 0 aliphatic carbocycles. The Morgan fingerprint density at radius 1 is 1.04 bits per heavy atom. The number of carbonyl (C=O) groups excluding carboxylic acids is 2. The van der Waals surface area contributed by atoms with Crippen molar-refractivity contribution in [1.29, 1.82) is 0 Å². The monoisotopic (exact) mass is 337 g/mol. The lowest BCUT2D eigenvalue weighted by molar-refractivity contribution is -0.138. The van der Waals surface area contributed by atoms with E-state index in [-0.39, 0.29) is 24.2 Å². The van der Waals surface area contributed by atoms with E-state index < -0.39 is 23.2 Å². The normalized spacial score (nSPS) is 11.2. The number of rotatable bonds is 6. The van der Waals surface area contributed by atoms with Crippen molar-refractivity contribution >= 4 is 11.6 Å². The standard InChI is InChI=1S/C17H14F3NO3/c1-24-15-7-3-2-5-11(15)13(22)8-9-14(23)16-12(17(18,19)20)6-4-10-21-16/h2-7,10H,8-9H2,1H3. The predicted octanol–water partition coefficient (Wildman–Crippen LogP) is 3.95. The van der Waals surface area contributed by atoms with Crippen LogP contribution >= 0.6 is 0 Å². The number of benzene rings is 1. The highest BCUT2D eigenvalue weighted by molar-refractivity contribution is 6.03. The number of ketones is 2. The fourth-order valence-corrected chi connectivity index (χ4v) is 2.21. The van der Waals surface area contributed by atoms with E-state index in [1.165, 1.54) is 13.2 Å². The molecule has 0 fully saturated rings. The number of hydrogen-bond donors (Lipinski definition) is 0. The second kappa shape index (κ2) is 7.25. The van der Waals surface area contributed by atoms with Crippen molar-refractivity contribution < 1.29 is 27.5 Å². The van der Waals surface area contributed by atoms with Crippen LogP contribution in [0, 0.1) is 0 Å². The Balaban J connectivity index is 2.13. The molecular weight excluding hydrogens is 323 g/mol. The summed E-state index contributed by atoms with van der Waals surface area (Å²) in [6.07, 6.45) is -4.15. The molecule has 2 aromatic rings. The quantitative estimate of drug-likeness (QED) is 0.749. The Kier molecular flexibility index (Phi) is 5.33. The maximum atomic E-state index is 12.9. The molecule has 2 rings (SSSR count). The van der Waals surface area contributed by atoms with Crippen molar-refractivity contribution in [3.8, 4) is 5.75 Å². The van der Waals surface area contributed by atoms with E-state index in [0.717, 1.165) is 18.3 Å². The molecule has 0 aliphatic rings. The van der Waals surface area contributed by atoms with Gasteiger partial charge in [0.2, 0.25) is 0 Å². The molecule has 126 valence electrons. The van der Waals surface area contributed by atoms with Gasteiger partial charge in [0.05, 0.1) is 18.2 Å². The maximum absolute atomic E-state index is 12.9. The second-order valence-electron chi connectivity index (χ2n) is 4.94. The zero-order valence-corrected chi connectivity index (χ0v) is 12.8. The van der Waals surface area contributed by atoms with Crippen LogP contribution in [0.15, 0.2) is 42.6 Å². The van der Waals surface area contributed by atoms with Crippen LogP contribution in [-0.2, 0) is 6.18 Å². The van der Waals surface area contributed by atoms with E-state index in [9.17, 15) is 22.8 Å². The van der Waals surface area contributed by atoms with Gasteiger partial charge in [-0.05, 0) is 24.3 Å². The van der Waals surface area contributed by atoms with Crippen molar-refractivity contribution in [3.05, 3.63) is 59.4 Å². The summed E-state index contributed by atoms with van der Waals surface area (Å²) in [4.78, 5) is 27.7. The molecule has 7 heteroatoms. The van der Waals surface area contributed by atoms with Gasteiger partial charge in [0.15, 0.2) is 11.6 Å². The number of halogens is 3. The number of pyridine rings is 1. The molecule has 0 saturated heterocycles. The van der Waals surface area contributed by atoms with Gasteiger partial charge in [0.1, 0.15) is 11.4 Å². The van der Waals surface area contributed by atoms with Crippen molar-refractivity contribution in [1.82, 2.24) is 4.98 Å². The number of ether oxygens (including phenoxy) is 1. The zero-order chi connectivity index (χ0) is 17.7. The first kappa shape index (κ1) is 17.7. The summed E-state index contributed by atoms with van der Waals surface area (Å²) in [6.45, 7) is 0. The summed E-state index contributed by atoms with van der Waals surface area (Å²) in [5, 5.41) is 0. The molecule has 0 N–H and O–H groups in total. The Morgan fingerprint density at radius 2 is 1.71 bits per heavy atom. The SMILES string of the molecule is COc1ccccc1C(=O)CCC(=O)c1ncccc1C(F)(F)F. The van der Waals surface area contributed by atoms with Crippen molar-refractivity contribution in [2.45, 2.75) is 19.0 Å². The van der Waals surface area contributed by atoms with Crippen LogP contribution in [0.1, 0.15) is 39.3 Å². The van der Waals surface area contributed by atoms with E-state index in [4.69, 9.17) is 4.74 Å². The predicted molar refractivity (Wildman–Crippen MR) is 80.1 cm³/mol. The number of alkyl halides is 3. The zero-order valence-electron chi connectivity index (χ0n) is 12.8. The van der Waals surface area contributed by atoms with Crippen molar-refractivity contribution in [3.63, 3.8) is 0 Å². The Labute approximate surface area is 136 Å². The van der Waals surface area contributed by atoms with Gasteiger partial charge >= 0.3 is 6.18 Å². The lowest BCUT2D eigenvalue weighted by Gasteiger charge is -2.11. The van der Waals surface area contributed by atoms with E-state index in [2.05, 4.69) is 4.98 Å². The van der Waals surface area contributed by atoms with Gasteiger partial charge in [-0.25, -0.2) is 0 Å². The summed E-state index contributed by atoms with van der Waals surface area (Å²) < 4.78 is 43.7. The second-order valence-corrected chi connectivity index (χ2v) is 4.94. The number of Topliss-reactive ketones (excluding diaryl/α,β-unsaturated/α-hetero) is 2. The molecule has 1 heterocycles. The maximum Gasteiger partial charge on any atom is 0.418 e. The molecule has 0 aliphatic heterocycles. The molecule has 0 bridgehead atoms. The highest BCUT2D eigenvalue weighted by atomic mass is 19.4. The molecule has 0 spiro atoms. The molecule has 0 atom stereocenters. The van der Waals surface area contributed by atoms with Crippen LogP contribution in [0.2, 0.25) is 0 Å². The highest BCUT2D eigenvalue weighted by Gasteiger charge is 2.35. The van der Waals surface area contributed by atoms with Crippen LogP contribution < -0.4 is 4.74 Å². The summed E-state index contributed by atoms with van der Waals surface area (Å²) in [6, 6.07) is 8.35. The Morgan fingerprint density at radius 3 is 2.38 bits per heavy atom. The Hall–Kier alpha value is -2.70. The number of methoxy groups -OCH3 is 1. The first-order chi connectivity index (χ1) is 11.3. The average Bonchev–Trinajstić information content (AvgIpc) is 2.58. The number of para-hydroxylation sites is 1. The molecule has 1 aromatic heterocycles. The van der Waals surface area contributed by atoms with Crippen molar-refractivity contribution in [2.24, 2.45) is 0 Å². The fourth-order valence-electron chi connectivity index (χ4n) is 2.21. The first-order valence-corrected chi connectivity index (χ1v) is 7.06. The topological polar surface area (TPSA) is 56.3 Å². The van der Waals surface area contributed by atoms with E-state index in [0.29, 0.717) is 5.75 Å². The Bertz CT molecular complexity index is 757. The van der Waals surface area contributed by atoms with Gasteiger partial charge in [-0.3, -0.25) is 14.6 Å². The molecular formula is C17H14F3NO3. The van der Waals surface area contributed by atoms with E-state index in [1.807, 2.05) is 0 Å². The first-order valence-electron chi connectivity index (χ1n) is 7.06. The summed E-state index contributed by atoms with van der Waals surface area (Å²) >= 11 is 0. The van der Waals surface area contributed by atoms with Crippen LogP contribution in [0.3, 0.4) is 0 Å². The molecule has 24 heavy (non-hydrogen) atoms. The minimum absolute atomic E-state index is 0.229. The third-order valence-electron chi connectivity index (χ3n) is 3.36. The molecule has 0 radical (unpaired) electrons. The van der Waals surface area contributed by atoms with Gasteiger partial charge in [-0.15, -0.1) is 0 Å². The van der Waals surface area contributed by atoms with E-state index in [1.54, 1.807) is 18.2 Å². The molecule has 1 aromatic carbocycles. The third-order valence-corrected chi connectivity index (χ3v) is 3.36. The van der Waals surface area contributed by atoms with Gasteiger partial charge in [0, 0.05) is 19.0 Å². The van der Waals surface area contributed by atoms with Gasteiger partial charge in [-0.1, -0.05) is 12.1 Å². The van der Waals surface area contributed by atoms with Crippen LogP contribution in [0.25, 0.3) is 0 Å². The minimum atomic E-state index is -4.67. The number of carbonyl (C=O) groups is 2. The third kappa shape index (κ3) is 3.98. The van der Waals surface area contributed by atoms with Crippen molar-refractivity contribution in [2.75, 3.05) is 7.11 Å². The molecule has 4 nitrogen and oxygen atoms in total. The molecule has 0 unspecified atom stereocenters. The van der Waals surface area contributed by atoms with Gasteiger partial charge in [-0.2, -0.15) is 13.2 Å². The van der Waals surface area contributed by atoms with Gasteiger partial charge < -0.3 is 4.74 Å². The summed E-state index contributed by atoms with van der Waals surface area (Å²) in [5.74, 6) is -0.861. The molecule has 0 saturated carbocycles. The number of hydrogen-bond acceptors (Lipinski definition) is 4. The minimum Gasteiger partial charge on any atom is -0.496 e. The lowest BCUT2D eigenvalue weighted by atomic mass is 10.0. The van der Waals surface area contributed by atoms with Crippen LogP contribution in [0.4, 0.5) is 13.2 Å². The number of nitrogens with zero attached hydrogens (tertiary/aromatic N) is 1. The average molecular weight is 337 g/mol. The highest BCUT2D eigenvalue weighted by Crippen LogP contribution is 2.31.